The predicted octanol–water partition coefficient (Wildman–Crippen LogP) is -1.15. The zero-order valence-corrected chi connectivity index (χ0v) is 30.2. The molecule has 5 amide bonds. The molecule has 0 spiro atoms. The average molecular weight is 744 g/mol. The molecular formula is C37H49N11O6. The van der Waals surface area contributed by atoms with Crippen molar-refractivity contribution in [1.82, 2.24) is 26.2 Å². The van der Waals surface area contributed by atoms with Crippen LogP contribution in [0.15, 0.2) is 76.7 Å². The Labute approximate surface area is 313 Å². The number of rotatable bonds is 12. The van der Waals surface area contributed by atoms with Gasteiger partial charge >= 0.3 is 0 Å². The van der Waals surface area contributed by atoms with Gasteiger partial charge in [0.1, 0.15) is 29.9 Å². The van der Waals surface area contributed by atoms with Gasteiger partial charge in [0.15, 0.2) is 11.9 Å². The molecule has 3 aromatic rings. The molecular weight excluding hydrogens is 694 g/mol. The van der Waals surface area contributed by atoms with E-state index < -0.39 is 60.2 Å². The molecule has 1 heterocycles. The number of nitrogens with zero attached hydrogens (tertiary/aromatic N) is 3. The van der Waals surface area contributed by atoms with E-state index in [-0.39, 0.29) is 62.9 Å². The van der Waals surface area contributed by atoms with E-state index in [1.165, 1.54) is 24.1 Å². The number of hydrogen-bond donors (Lipinski definition) is 9. The van der Waals surface area contributed by atoms with Gasteiger partial charge in [-0.05, 0) is 59.7 Å². The zero-order valence-electron chi connectivity index (χ0n) is 30.2. The molecule has 1 fully saturated rings. The molecule has 0 bridgehead atoms. The predicted molar refractivity (Wildman–Crippen MR) is 205 cm³/mol. The highest BCUT2D eigenvalue weighted by atomic mass is 16.3. The van der Waals surface area contributed by atoms with Crippen molar-refractivity contribution in [3.8, 4) is 5.75 Å². The molecule has 0 aliphatic carbocycles. The van der Waals surface area contributed by atoms with Crippen LogP contribution in [0.5, 0.6) is 5.75 Å². The molecule has 1 aliphatic heterocycles. The maximum Gasteiger partial charge on any atom is 0.245 e. The van der Waals surface area contributed by atoms with E-state index in [0.717, 1.165) is 16.3 Å². The van der Waals surface area contributed by atoms with E-state index in [2.05, 4.69) is 31.3 Å². The van der Waals surface area contributed by atoms with E-state index in [1.54, 1.807) is 12.1 Å². The number of phenols is 1. The second-order valence-corrected chi connectivity index (χ2v) is 13.1. The Morgan fingerprint density at radius 3 is 1.94 bits per heavy atom. The maximum absolute atomic E-state index is 14.3. The average Bonchev–Trinajstić information content (AvgIpc) is 3.14. The van der Waals surface area contributed by atoms with Crippen molar-refractivity contribution < 1.29 is 29.1 Å². The highest BCUT2D eigenvalue weighted by Gasteiger charge is 2.35. The van der Waals surface area contributed by atoms with Crippen molar-refractivity contribution in [2.75, 3.05) is 26.7 Å². The van der Waals surface area contributed by atoms with E-state index in [4.69, 9.17) is 22.9 Å². The smallest absolute Gasteiger partial charge is 0.245 e. The fraction of sp³-hybridized carbons (Fsp3) is 0.378. The minimum atomic E-state index is -1.19. The lowest BCUT2D eigenvalue weighted by molar-refractivity contribution is -0.143. The normalized spacial score (nSPS) is 20.1. The number of amides is 5. The monoisotopic (exact) mass is 743 g/mol. The third-order valence-electron chi connectivity index (χ3n) is 8.95. The summed E-state index contributed by atoms with van der Waals surface area (Å²) < 4.78 is 0. The number of carbonyl (C=O) groups is 5. The van der Waals surface area contributed by atoms with Crippen molar-refractivity contribution in [3.63, 3.8) is 0 Å². The Morgan fingerprint density at radius 2 is 1.28 bits per heavy atom. The highest BCUT2D eigenvalue weighted by molar-refractivity contribution is 5.97. The van der Waals surface area contributed by atoms with Crippen molar-refractivity contribution in [1.29, 1.82) is 0 Å². The third kappa shape index (κ3) is 12.1. The van der Waals surface area contributed by atoms with Crippen molar-refractivity contribution in [2.24, 2.45) is 32.9 Å². The van der Waals surface area contributed by atoms with Gasteiger partial charge in [0.2, 0.25) is 29.5 Å². The molecule has 17 nitrogen and oxygen atoms in total. The Kier molecular flexibility index (Phi) is 14.5. The zero-order chi connectivity index (χ0) is 39.2. The van der Waals surface area contributed by atoms with Crippen LogP contribution < -0.4 is 44.2 Å². The van der Waals surface area contributed by atoms with Crippen LogP contribution in [0.3, 0.4) is 0 Å². The van der Waals surface area contributed by atoms with E-state index in [1.807, 2.05) is 42.5 Å². The van der Waals surface area contributed by atoms with Gasteiger partial charge in [-0.15, -0.1) is 0 Å². The summed E-state index contributed by atoms with van der Waals surface area (Å²) in [4.78, 5) is 78.5. The van der Waals surface area contributed by atoms with Gasteiger partial charge in [0.05, 0.1) is 6.54 Å². The van der Waals surface area contributed by atoms with Crippen LogP contribution >= 0.6 is 0 Å². The summed E-state index contributed by atoms with van der Waals surface area (Å²) in [5.41, 5.74) is 23.3. The van der Waals surface area contributed by atoms with Gasteiger partial charge in [0, 0.05) is 33.0 Å². The minimum Gasteiger partial charge on any atom is -0.508 e. The Bertz CT molecular complexity index is 1860. The van der Waals surface area contributed by atoms with Crippen molar-refractivity contribution >= 4 is 52.2 Å². The molecule has 288 valence electrons. The van der Waals surface area contributed by atoms with Crippen LogP contribution in [0.1, 0.15) is 36.8 Å². The largest absolute Gasteiger partial charge is 0.508 e. The first-order valence-electron chi connectivity index (χ1n) is 17.6. The molecule has 17 heteroatoms. The van der Waals surface area contributed by atoms with Gasteiger partial charge in [-0.2, -0.15) is 0 Å². The number of benzene rings is 3. The molecule has 4 unspecified atom stereocenters. The molecule has 1 aliphatic rings. The minimum absolute atomic E-state index is 0.00407. The second kappa shape index (κ2) is 19.4. The van der Waals surface area contributed by atoms with Crippen LogP contribution in [0.2, 0.25) is 0 Å². The summed E-state index contributed by atoms with van der Waals surface area (Å²) >= 11 is 0. The SMILES string of the molecule is CN1C(=O)C(CCCN=C(N)N)NC(=O)C(Cc2ccc3ccccc3c2)NC(=O)CNC(=O)C(Cc2ccc(O)cc2)NC(=O)C1CCCN=C(N)N. The topological polar surface area (TPSA) is 286 Å². The number of carbonyl (C=O) groups excluding carboxylic acids is 5. The lowest BCUT2D eigenvalue weighted by Crippen LogP contribution is -2.58. The molecule has 0 radical (unpaired) electrons. The number of guanidine groups is 2. The standard InChI is InChI=1S/C37H49N11O6/c1-48-30(9-5-17-43-37(40)41)34(53)47-28(19-22-11-14-26(49)15-12-22)32(51)44-21-31(50)45-29(20-23-10-13-24-6-2-3-7-25(24)18-23)33(52)46-27(35(48)54)8-4-16-42-36(38)39/h2-3,6-7,10-15,18,27-30,49H,4-5,8-9,16-17,19-21H2,1H3,(H,44,51)(H,45,50)(H,46,52)(H,47,53)(H4,38,39,42)(H4,40,41,43). The molecule has 54 heavy (non-hydrogen) atoms. The first-order chi connectivity index (χ1) is 25.8. The Morgan fingerprint density at radius 1 is 0.704 bits per heavy atom. The summed E-state index contributed by atoms with van der Waals surface area (Å²) in [6, 6.07) is 14.8. The van der Waals surface area contributed by atoms with Crippen LogP contribution in [0, 0.1) is 0 Å². The molecule has 13 N–H and O–H groups in total. The fourth-order valence-corrected chi connectivity index (χ4v) is 6.12. The molecule has 3 aromatic carbocycles. The van der Waals surface area contributed by atoms with Gasteiger partial charge in [-0.3, -0.25) is 34.0 Å². The second-order valence-electron chi connectivity index (χ2n) is 13.1. The van der Waals surface area contributed by atoms with Gasteiger partial charge < -0.3 is 54.2 Å². The first-order valence-corrected chi connectivity index (χ1v) is 17.6. The molecule has 0 aromatic heterocycles. The number of aromatic hydroxyl groups is 1. The molecule has 4 atom stereocenters. The van der Waals surface area contributed by atoms with Crippen LogP contribution in [-0.4, -0.2) is 102 Å². The number of nitrogens with one attached hydrogen (secondary N) is 4. The number of nitrogens with two attached hydrogens (primary N) is 4. The summed E-state index contributed by atoms with van der Waals surface area (Å²) in [7, 11) is 1.43. The van der Waals surface area contributed by atoms with Crippen molar-refractivity contribution in [3.05, 3.63) is 77.9 Å². The lowest BCUT2D eigenvalue weighted by Gasteiger charge is -2.32. The van der Waals surface area contributed by atoms with Crippen LogP contribution in [0.25, 0.3) is 10.8 Å². The maximum atomic E-state index is 14.3. The summed E-state index contributed by atoms with van der Waals surface area (Å²) in [5, 5.41) is 22.6. The molecule has 0 saturated carbocycles. The molecule has 4 rings (SSSR count). The lowest BCUT2D eigenvalue weighted by atomic mass is 10.00. The van der Waals surface area contributed by atoms with Crippen LogP contribution in [-0.2, 0) is 36.8 Å². The van der Waals surface area contributed by atoms with E-state index in [9.17, 15) is 29.1 Å². The Hall–Kier alpha value is -6.39. The number of hydrogen-bond acceptors (Lipinski definition) is 8. The quantitative estimate of drug-likeness (QED) is 0.0610. The van der Waals surface area contributed by atoms with Crippen LogP contribution in [0.4, 0.5) is 0 Å². The number of aliphatic imine (C=N–C) groups is 2. The van der Waals surface area contributed by atoms with E-state index >= 15 is 0 Å². The summed E-state index contributed by atoms with van der Waals surface area (Å²) in [6.45, 7) is -0.183. The van der Waals surface area contributed by atoms with Gasteiger partial charge in [-0.1, -0.05) is 54.6 Å². The highest BCUT2D eigenvalue weighted by Crippen LogP contribution is 2.18. The third-order valence-corrected chi connectivity index (χ3v) is 8.95. The summed E-state index contributed by atoms with van der Waals surface area (Å²) in [6.07, 6.45) is 0.828. The Balaban J connectivity index is 1.71. The van der Waals surface area contributed by atoms with Gasteiger partial charge in [0.25, 0.3) is 0 Å². The number of fused-ring (bicyclic) bond motifs is 1. The van der Waals surface area contributed by atoms with Crippen molar-refractivity contribution in [2.45, 2.75) is 62.7 Å². The number of phenolic OH excluding ortho intramolecular Hbond substituents is 1. The summed E-state index contributed by atoms with van der Waals surface area (Å²) in [5.74, 6) is -3.51. The molecule has 1 saturated heterocycles. The number of likely N-dealkylation sites (N-methyl/N-ethyl adjacent to an activating group) is 1. The fourth-order valence-electron chi connectivity index (χ4n) is 6.12. The van der Waals surface area contributed by atoms with E-state index in [0.29, 0.717) is 12.0 Å². The first kappa shape index (κ1) is 40.4. The van der Waals surface area contributed by atoms with Gasteiger partial charge in [-0.25, -0.2) is 0 Å².